The SMILES string of the molecule is CC(C)(C)OC(=O)C1NCCC12CCNCC2. The fourth-order valence-electron chi connectivity index (χ4n) is 2.98. The van der Waals surface area contributed by atoms with E-state index in [1.54, 1.807) is 0 Å². The van der Waals surface area contributed by atoms with E-state index in [-0.39, 0.29) is 17.4 Å². The molecule has 1 spiro atoms. The van der Waals surface area contributed by atoms with Crippen LogP contribution in [0.2, 0.25) is 0 Å². The molecule has 2 heterocycles. The Morgan fingerprint density at radius 2 is 1.76 bits per heavy atom. The minimum atomic E-state index is -0.393. The molecule has 1 unspecified atom stereocenters. The van der Waals surface area contributed by atoms with E-state index in [1.807, 2.05) is 20.8 Å². The van der Waals surface area contributed by atoms with Gasteiger partial charge in [0.1, 0.15) is 11.6 Å². The molecule has 2 saturated heterocycles. The number of carbonyl (C=O) groups is 1. The molecule has 2 aliphatic rings. The van der Waals surface area contributed by atoms with Crippen molar-refractivity contribution in [3.63, 3.8) is 0 Å². The van der Waals surface area contributed by atoms with Crippen molar-refractivity contribution in [1.29, 1.82) is 0 Å². The first-order valence-electron chi connectivity index (χ1n) is 6.60. The lowest BCUT2D eigenvalue weighted by Crippen LogP contribution is -2.50. The summed E-state index contributed by atoms with van der Waals surface area (Å²) in [4.78, 5) is 12.2. The van der Waals surface area contributed by atoms with Crippen molar-refractivity contribution in [2.45, 2.75) is 51.7 Å². The van der Waals surface area contributed by atoms with Crippen molar-refractivity contribution in [3.05, 3.63) is 0 Å². The third-order valence-electron chi connectivity index (χ3n) is 3.83. The molecule has 0 radical (unpaired) electrons. The Bertz CT molecular complexity index is 290. The molecular formula is C13H24N2O2. The highest BCUT2D eigenvalue weighted by atomic mass is 16.6. The Morgan fingerprint density at radius 1 is 1.18 bits per heavy atom. The van der Waals surface area contributed by atoms with Crippen LogP contribution in [-0.4, -0.2) is 37.2 Å². The van der Waals surface area contributed by atoms with Crippen LogP contribution < -0.4 is 10.6 Å². The van der Waals surface area contributed by atoms with Crippen LogP contribution in [0.25, 0.3) is 0 Å². The number of hydrogen-bond acceptors (Lipinski definition) is 4. The van der Waals surface area contributed by atoms with Gasteiger partial charge in [0.2, 0.25) is 0 Å². The molecule has 17 heavy (non-hydrogen) atoms. The van der Waals surface area contributed by atoms with Gasteiger partial charge >= 0.3 is 5.97 Å². The highest BCUT2D eigenvalue weighted by Gasteiger charge is 2.48. The van der Waals surface area contributed by atoms with Gasteiger partial charge in [0.15, 0.2) is 0 Å². The standard InChI is InChI=1S/C13H24N2O2/c1-12(2,3)17-11(16)10-13(6-9-15-10)4-7-14-8-5-13/h10,14-15H,4-9H2,1-3H3. The van der Waals surface area contributed by atoms with Gasteiger partial charge < -0.3 is 15.4 Å². The van der Waals surface area contributed by atoms with Crippen LogP contribution in [0.4, 0.5) is 0 Å². The number of ether oxygens (including phenoxy) is 1. The maximum absolute atomic E-state index is 12.2. The second-order valence-electron chi connectivity index (χ2n) is 6.28. The second-order valence-corrected chi connectivity index (χ2v) is 6.28. The molecule has 0 aromatic carbocycles. The maximum atomic E-state index is 12.2. The zero-order valence-corrected chi connectivity index (χ0v) is 11.1. The summed E-state index contributed by atoms with van der Waals surface area (Å²) < 4.78 is 5.53. The Labute approximate surface area is 103 Å². The van der Waals surface area contributed by atoms with Crippen molar-refractivity contribution in [2.75, 3.05) is 19.6 Å². The van der Waals surface area contributed by atoms with Crippen LogP contribution in [0.1, 0.15) is 40.0 Å². The number of rotatable bonds is 1. The summed E-state index contributed by atoms with van der Waals surface area (Å²) in [7, 11) is 0. The number of carbonyl (C=O) groups excluding carboxylic acids is 1. The molecule has 98 valence electrons. The summed E-state index contributed by atoms with van der Waals surface area (Å²) in [5.41, 5.74) is -0.261. The van der Waals surface area contributed by atoms with Crippen LogP contribution in [0.3, 0.4) is 0 Å². The largest absolute Gasteiger partial charge is 0.459 e. The molecule has 2 rings (SSSR count). The average Bonchev–Trinajstić information content (AvgIpc) is 2.60. The minimum absolute atomic E-state index is 0.0723. The Kier molecular flexibility index (Phi) is 3.46. The third kappa shape index (κ3) is 2.80. The van der Waals surface area contributed by atoms with Gasteiger partial charge in [0.05, 0.1) is 0 Å². The van der Waals surface area contributed by atoms with Crippen LogP contribution in [0.5, 0.6) is 0 Å². The molecule has 4 heteroatoms. The van der Waals surface area contributed by atoms with Crippen molar-refractivity contribution < 1.29 is 9.53 Å². The van der Waals surface area contributed by atoms with Gasteiger partial charge in [-0.15, -0.1) is 0 Å². The van der Waals surface area contributed by atoms with Crippen LogP contribution >= 0.6 is 0 Å². The number of piperidine rings is 1. The lowest BCUT2D eigenvalue weighted by atomic mass is 9.73. The lowest BCUT2D eigenvalue weighted by molar-refractivity contribution is -0.160. The van der Waals surface area contributed by atoms with Gasteiger partial charge in [0, 0.05) is 5.41 Å². The predicted molar refractivity (Wildman–Crippen MR) is 66.8 cm³/mol. The molecule has 0 aromatic rings. The summed E-state index contributed by atoms with van der Waals surface area (Å²) in [5, 5.41) is 6.70. The van der Waals surface area contributed by atoms with Gasteiger partial charge in [-0.1, -0.05) is 0 Å². The maximum Gasteiger partial charge on any atom is 0.324 e. The smallest absolute Gasteiger partial charge is 0.324 e. The number of nitrogens with one attached hydrogen (secondary N) is 2. The molecule has 1 atom stereocenters. The summed E-state index contributed by atoms with van der Waals surface area (Å²) >= 11 is 0. The molecule has 0 bridgehead atoms. The highest BCUT2D eigenvalue weighted by Crippen LogP contribution is 2.40. The third-order valence-corrected chi connectivity index (χ3v) is 3.83. The Hall–Kier alpha value is -0.610. The molecular weight excluding hydrogens is 216 g/mol. The first-order valence-corrected chi connectivity index (χ1v) is 6.60. The minimum Gasteiger partial charge on any atom is -0.459 e. The number of hydrogen-bond donors (Lipinski definition) is 2. The van der Waals surface area contributed by atoms with E-state index < -0.39 is 5.60 Å². The number of esters is 1. The summed E-state index contributed by atoms with van der Waals surface area (Å²) in [6.45, 7) is 8.74. The van der Waals surface area contributed by atoms with E-state index in [1.165, 1.54) is 0 Å². The van der Waals surface area contributed by atoms with Crippen LogP contribution in [0.15, 0.2) is 0 Å². The topological polar surface area (TPSA) is 50.4 Å². The fraction of sp³-hybridized carbons (Fsp3) is 0.923. The zero-order valence-electron chi connectivity index (χ0n) is 11.1. The van der Waals surface area contributed by atoms with Gasteiger partial charge in [-0.05, 0) is 59.7 Å². The monoisotopic (exact) mass is 240 g/mol. The molecule has 2 fully saturated rings. The van der Waals surface area contributed by atoms with Gasteiger partial charge in [-0.3, -0.25) is 4.79 Å². The van der Waals surface area contributed by atoms with Gasteiger partial charge in [-0.2, -0.15) is 0 Å². The molecule has 0 aromatic heterocycles. The van der Waals surface area contributed by atoms with Crippen molar-refractivity contribution in [1.82, 2.24) is 10.6 Å². The quantitative estimate of drug-likeness (QED) is 0.673. The molecule has 0 saturated carbocycles. The van der Waals surface area contributed by atoms with E-state index in [9.17, 15) is 4.79 Å². The average molecular weight is 240 g/mol. The van der Waals surface area contributed by atoms with Crippen molar-refractivity contribution in [3.8, 4) is 0 Å². The molecule has 2 aliphatic heterocycles. The van der Waals surface area contributed by atoms with Crippen molar-refractivity contribution in [2.24, 2.45) is 5.41 Å². The van der Waals surface area contributed by atoms with E-state index >= 15 is 0 Å². The van der Waals surface area contributed by atoms with Gasteiger partial charge in [0.25, 0.3) is 0 Å². The first kappa shape index (κ1) is 12.8. The summed E-state index contributed by atoms with van der Waals surface area (Å²) in [6, 6.07) is -0.108. The highest BCUT2D eigenvalue weighted by molar-refractivity contribution is 5.78. The molecule has 4 nitrogen and oxygen atoms in total. The lowest BCUT2D eigenvalue weighted by Gasteiger charge is -2.38. The van der Waals surface area contributed by atoms with E-state index in [0.29, 0.717) is 0 Å². The van der Waals surface area contributed by atoms with E-state index in [2.05, 4.69) is 10.6 Å². The molecule has 2 N–H and O–H groups in total. The van der Waals surface area contributed by atoms with Crippen LogP contribution in [0, 0.1) is 5.41 Å². The van der Waals surface area contributed by atoms with Crippen molar-refractivity contribution >= 4 is 5.97 Å². The molecule has 0 aliphatic carbocycles. The van der Waals surface area contributed by atoms with Crippen LogP contribution in [-0.2, 0) is 9.53 Å². The Morgan fingerprint density at radius 3 is 2.35 bits per heavy atom. The zero-order chi connectivity index (χ0) is 12.5. The predicted octanol–water partition coefficient (Wildman–Crippen LogP) is 1.06. The fourth-order valence-corrected chi connectivity index (χ4v) is 2.98. The summed E-state index contributed by atoms with van der Waals surface area (Å²) in [5.74, 6) is -0.0723. The normalized spacial score (nSPS) is 28.3. The van der Waals surface area contributed by atoms with E-state index in [4.69, 9.17) is 4.74 Å². The first-order chi connectivity index (χ1) is 7.93. The molecule has 0 amide bonds. The Balaban J connectivity index is 2.06. The van der Waals surface area contributed by atoms with E-state index in [0.717, 1.165) is 38.9 Å². The second kappa shape index (κ2) is 4.58. The summed E-state index contributed by atoms with van der Waals surface area (Å²) in [6.07, 6.45) is 3.24. The van der Waals surface area contributed by atoms with Gasteiger partial charge in [-0.25, -0.2) is 0 Å².